The molecule has 0 aliphatic carbocycles. The van der Waals surface area contributed by atoms with Crippen LogP contribution >= 0.6 is 0 Å². The smallest absolute Gasteiger partial charge is 0.311 e. The van der Waals surface area contributed by atoms with E-state index in [9.17, 15) is 25.4 Å². The molecule has 9 nitrogen and oxygen atoms in total. The quantitative estimate of drug-likeness (QED) is 0.400. The van der Waals surface area contributed by atoms with Crippen molar-refractivity contribution in [3.05, 3.63) is 34.4 Å². The Hall–Kier alpha value is -1.78. The molecule has 0 bridgehead atoms. The Bertz CT molecular complexity index is 508. The van der Waals surface area contributed by atoms with Crippen LogP contribution in [0, 0.1) is 10.1 Å². The molecule has 9 heteroatoms. The number of benzene rings is 1. The van der Waals surface area contributed by atoms with Crippen molar-refractivity contribution >= 4 is 5.69 Å². The molecular weight excluding hydrogens is 286 g/mol. The fourth-order valence-corrected chi connectivity index (χ4v) is 2.00. The monoisotopic (exact) mass is 301 g/mol. The van der Waals surface area contributed by atoms with Crippen LogP contribution in [0.3, 0.4) is 0 Å². The zero-order chi connectivity index (χ0) is 15.6. The maximum absolute atomic E-state index is 10.9. The van der Waals surface area contributed by atoms with Crippen molar-refractivity contribution < 1.29 is 34.8 Å². The lowest BCUT2D eigenvalue weighted by Crippen LogP contribution is -2.60. The van der Waals surface area contributed by atoms with E-state index in [2.05, 4.69) is 0 Å². The number of aliphatic hydroxyl groups excluding tert-OH is 4. The summed E-state index contributed by atoms with van der Waals surface area (Å²) in [6.45, 7) is -0.609. The molecular formula is C12H15NO8. The van der Waals surface area contributed by atoms with Crippen LogP contribution in [0.1, 0.15) is 0 Å². The summed E-state index contributed by atoms with van der Waals surface area (Å²) in [5.41, 5.74) is -0.338. The van der Waals surface area contributed by atoms with Crippen LogP contribution in [0.25, 0.3) is 0 Å². The average Bonchev–Trinajstić information content (AvgIpc) is 2.48. The van der Waals surface area contributed by atoms with Gasteiger partial charge in [-0.15, -0.1) is 0 Å². The number of rotatable bonds is 4. The first-order valence-corrected chi connectivity index (χ1v) is 6.16. The molecule has 116 valence electrons. The summed E-state index contributed by atoms with van der Waals surface area (Å²) >= 11 is 0. The molecule has 21 heavy (non-hydrogen) atoms. The predicted molar refractivity (Wildman–Crippen MR) is 67.5 cm³/mol. The van der Waals surface area contributed by atoms with Crippen LogP contribution < -0.4 is 4.74 Å². The second-order valence-corrected chi connectivity index (χ2v) is 4.54. The van der Waals surface area contributed by atoms with Crippen molar-refractivity contribution in [2.75, 3.05) is 6.61 Å². The molecule has 0 aromatic heterocycles. The minimum Gasteiger partial charge on any atom is -0.455 e. The number of ether oxygens (including phenoxy) is 2. The van der Waals surface area contributed by atoms with Gasteiger partial charge in [0.15, 0.2) is 5.75 Å². The fourth-order valence-electron chi connectivity index (χ4n) is 2.00. The third-order valence-electron chi connectivity index (χ3n) is 3.15. The van der Waals surface area contributed by atoms with Gasteiger partial charge in [0.2, 0.25) is 6.29 Å². The number of nitrogens with zero attached hydrogens (tertiary/aromatic N) is 1. The van der Waals surface area contributed by atoms with E-state index in [0.29, 0.717) is 0 Å². The van der Waals surface area contributed by atoms with Gasteiger partial charge in [-0.3, -0.25) is 10.1 Å². The Balaban J connectivity index is 2.20. The van der Waals surface area contributed by atoms with E-state index in [1.807, 2.05) is 0 Å². The lowest BCUT2D eigenvalue weighted by Gasteiger charge is -2.39. The summed E-state index contributed by atoms with van der Waals surface area (Å²) in [5, 5.41) is 49.0. The molecule has 0 amide bonds. The highest BCUT2D eigenvalue weighted by atomic mass is 16.7. The first kappa shape index (κ1) is 15.6. The largest absolute Gasteiger partial charge is 0.455 e. The van der Waals surface area contributed by atoms with Crippen LogP contribution in [-0.2, 0) is 4.74 Å². The Morgan fingerprint density at radius 3 is 2.48 bits per heavy atom. The van der Waals surface area contributed by atoms with Gasteiger partial charge in [-0.1, -0.05) is 12.1 Å². The lowest BCUT2D eigenvalue weighted by atomic mass is 9.99. The number of para-hydroxylation sites is 2. The van der Waals surface area contributed by atoms with Gasteiger partial charge >= 0.3 is 5.69 Å². The molecule has 0 radical (unpaired) electrons. The Labute approximate surface area is 119 Å². The highest BCUT2D eigenvalue weighted by molar-refractivity contribution is 5.45. The topological polar surface area (TPSA) is 143 Å². The maximum Gasteiger partial charge on any atom is 0.311 e. The van der Waals surface area contributed by atoms with Gasteiger partial charge in [-0.05, 0) is 6.07 Å². The second-order valence-electron chi connectivity index (χ2n) is 4.54. The zero-order valence-corrected chi connectivity index (χ0v) is 10.8. The summed E-state index contributed by atoms with van der Waals surface area (Å²) in [7, 11) is 0. The number of hydrogen-bond acceptors (Lipinski definition) is 8. The van der Waals surface area contributed by atoms with Crippen molar-refractivity contribution in [1.29, 1.82) is 0 Å². The summed E-state index contributed by atoms with van der Waals surface area (Å²) in [4.78, 5) is 10.2. The van der Waals surface area contributed by atoms with Crippen LogP contribution in [0.4, 0.5) is 5.69 Å². The maximum atomic E-state index is 10.9. The van der Waals surface area contributed by atoms with Gasteiger partial charge in [0.25, 0.3) is 0 Å². The molecule has 1 fully saturated rings. The fraction of sp³-hybridized carbons (Fsp3) is 0.500. The minimum absolute atomic E-state index is 0.160. The molecule has 1 aliphatic heterocycles. The van der Waals surface area contributed by atoms with Crippen LogP contribution in [0.5, 0.6) is 5.75 Å². The summed E-state index contributed by atoms with van der Waals surface area (Å²) in [6, 6.07) is 5.45. The van der Waals surface area contributed by atoms with Crippen LogP contribution in [-0.4, -0.2) is 62.7 Å². The number of hydrogen-bond donors (Lipinski definition) is 4. The third kappa shape index (κ3) is 3.12. The van der Waals surface area contributed by atoms with Gasteiger partial charge in [-0.2, -0.15) is 0 Å². The number of aliphatic hydroxyl groups is 4. The number of nitro groups is 1. The molecule has 1 saturated heterocycles. The van der Waals surface area contributed by atoms with E-state index < -0.39 is 42.2 Å². The Kier molecular flexibility index (Phi) is 4.70. The minimum atomic E-state index is -1.62. The summed E-state index contributed by atoms with van der Waals surface area (Å²) in [5.74, 6) is -0.160. The van der Waals surface area contributed by atoms with E-state index in [4.69, 9.17) is 14.6 Å². The van der Waals surface area contributed by atoms with E-state index in [-0.39, 0.29) is 11.4 Å². The predicted octanol–water partition coefficient (Wildman–Crippen LogP) is -1.23. The molecule has 1 heterocycles. The SMILES string of the molecule is O=[N+]([O-])c1ccccc1O[C@@H]1O[C@@H](CO)[C@@H](O)[C@@H](O)[C@@H]1O. The van der Waals surface area contributed by atoms with Gasteiger partial charge in [-0.25, -0.2) is 0 Å². The normalized spacial score (nSPS) is 32.7. The third-order valence-corrected chi connectivity index (χ3v) is 3.15. The molecule has 1 aliphatic rings. The summed E-state index contributed by atoms with van der Waals surface area (Å²) in [6.07, 6.45) is -7.35. The summed E-state index contributed by atoms with van der Waals surface area (Å²) < 4.78 is 10.3. The standard InChI is InChI=1S/C12H15NO8/c14-5-8-9(15)10(16)11(17)12(21-8)20-7-4-2-1-3-6(7)13(18)19/h1-4,8-12,14-17H,5H2/t8-,9+,10+,11-,12+/m0/s1. The molecule has 0 saturated carbocycles. The zero-order valence-electron chi connectivity index (χ0n) is 10.8. The van der Waals surface area contributed by atoms with Crippen LogP contribution in [0.15, 0.2) is 24.3 Å². The van der Waals surface area contributed by atoms with E-state index in [1.54, 1.807) is 0 Å². The Morgan fingerprint density at radius 1 is 1.19 bits per heavy atom. The van der Waals surface area contributed by atoms with Crippen molar-refractivity contribution in [2.24, 2.45) is 0 Å². The van der Waals surface area contributed by atoms with Crippen molar-refractivity contribution in [2.45, 2.75) is 30.7 Å². The second kappa shape index (κ2) is 6.33. The van der Waals surface area contributed by atoms with Gasteiger partial charge < -0.3 is 29.9 Å². The van der Waals surface area contributed by atoms with Gasteiger partial charge in [0.05, 0.1) is 11.5 Å². The molecule has 4 N–H and O–H groups in total. The molecule has 1 aromatic rings. The first-order valence-electron chi connectivity index (χ1n) is 6.16. The first-order chi connectivity index (χ1) is 9.95. The van der Waals surface area contributed by atoms with Crippen molar-refractivity contribution in [3.8, 4) is 5.75 Å². The molecule has 0 unspecified atom stereocenters. The molecule has 5 atom stereocenters. The van der Waals surface area contributed by atoms with Gasteiger partial charge in [0.1, 0.15) is 24.4 Å². The average molecular weight is 301 g/mol. The van der Waals surface area contributed by atoms with E-state index in [0.717, 1.165) is 0 Å². The van der Waals surface area contributed by atoms with Crippen LogP contribution in [0.2, 0.25) is 0 Å². The Morgan fingerprint density at radius 2 is 1.86 bits per heavy atom. The highest BCUT2D eigenvalue weighted by Gasteiger charge is 2.45. The van der Waals surface area contributed by atoms with Gasteiger partial charge in [0, 0.05) is 6.07 Å². The highest BCUT2D eigenvalue weighted by Crippen LogP contribution is 2.30. The molecule has 2 rings (SSSR count). The number of nitro benzene ring substituents is 1. The lowest BCUT2D eigenvalue weighted by molar-refractivity contribution is -0.387. The van der Waals surface area contributed by atoms with Crippen molar-refractivity contribution in [1.82, 2.24) is 0 Å². The van der Waals surface area contributed by atoms with E-state index in [1.165, 1.54) is 24.3 Å². The molecule has 1 aromatic carbocycles. The van der Waals surface area contributed by atoms with Crippen molar-refractivity contribution in [3.63, 3.8) is 0 Å². The molecule has 0 spiro atoms. The van der Waals surface area contributed by atoms with E-state index >= 15 is 0 Å².